The summed E-state index contributed by atoms with van der Waals surface area (Å²) < 4.78 is 7.00. The van der Waals surface area contributed by atoms with E-state index in [4.69, 9.17) is 4.74 Å². The number of halogens is 1. The summed E-state index contributed by atoms with van der Waals surface area (Å²) in [5, 5.41) is 3.41. The van der Waals surface area contributed by atoms with Crippen molar-refractivity contribution in [2.75, 3.05) is 33.3 Å². The number of aromatic nitrogens is 1. The maximum absolute atomic E-state index is 5.97. The summed E-state index contributed by atoms with van der Waals surface area (Å²) in [6, 6.07) is 2.45. The number of hydrogen-bond acceptors (Lipinski definition) is 4. The van der Waals surface area contributed by atoms with Gasteiger partial charge in [0.15, 0.2) is 0 Å². The minimum atomic E-state index is 0.249. The molecule has 1 N–H and O–H groups in total. The Morgan fingerprint density at radius 2 is 2.40 bits per heavy atom. The Labute approximate surface area is 130 Å². The molecule has 0 bridgehead atoms. The summed E-state index contributed by atoms with van der Waals surface area (Å²) >= 11 is 3.48. The van der Waals surface area contributed by atoms with Gasteiger partial charge < -0.3 is 10.1 Å². The number of pyridine rings is 1. The van der Waals surface area contributed by atoms with Crippen LogP contribution in [0, 0.1) is 0 Å². The van der Waals surface area contributed by atoms with E-state index in [0.29, 0.717) is 6.04 Å². The fraction of sp³-hybridized carbons (Fsp3) is 0.667. The zero-order valence-corrected chi connectivity index (χ0v) is 13.9. The van der Waals surface area contributed by atoms with Gasteiger partial charge in [-0.05, 0) is 54.0 Å². The van der Waals surface area contributed by atoms with E-state index in [1.807, 2.05) is 19.4 Å². The number of nitrogens with one attached hydrogen (secondary N) is 1. The van der Waals surface area contributed by atoms with Gasteiger partial charge in [0.1, 0.15) is 0 Å². The molecule has 2 rings (SSSR count). The first-order valence-corrected chi connectivity index (χ1v) is 8.13. The molecule has 0 aliphatic carbocycles. The number of nitrogens with zero attached hydrogens (tertiary/aromatic N) is 2. The van der Waals surface area contributed by atoms with E-state index in [1.54, 1.807) is 0 Å². The number of likely N-dealkylation sites (N-methyl/N-ethyl adjacent to an activating group) is 1. The van der Waals surface area contributed by atoms with Crippen molar-refractivity contribution >= 4 is 15.9 Å². The standard InChI is InChI=1S/C15H24BrN3O/c1-3-4-19-5-6-20-15(11-19)14(17-2)8-12-7-13(16)10-18-9-12/h7,9-10,14-15,17H,3-6,8,11H2,1-2H3. The van der Waals surface area contributed by atoms with Gasteiger partial charge in [-0.3, -0.25) is 9.88 Å². The van der Waals surface area contributed by atoms with Crippen molar-refractivity contribution in [2.45, 2.75) is 31.9 Å². The van der Waals surface area contributed by atoms with Crippen molar-refractivity contribution in [1.82, 2.24) is 15.2 Å². The van der Waals surface area contributed by atoms with Gasteiger partial charge in [0.25, 0.3) is 0 Å². The summed E-state index contributed by atoms with van der Waals surface area (Å²) in [6.07, 6.45) is 6.14. The lowest BCUT2D eigenvalue weighted by molar-refractivity contribution is -0.0450. The van der Waals surface area contributed by atoms with Crippen molar-refractivity contribution in [3.8, 4) is 0 Å². The zero-order chi connectivity index (χ0) is 14.4. The molecule has 0 spiro atoms. The molecule has 2 atom stereocenters. The Morgan fingerprint density at radius 1 is 1.55 bits per heavy atom. The van der Waals surface area contributed by atoms with Crippen LogP contribution in [0.3, 0.4) is 0 Å². The van der Waals surface area contributed by atoms with Crippen molar-refractivity contribution in [1.29, 1.82) is 0 Å². The molecule has 2 heterocycles. The lowest BCUT2D eigenvalue weighted by Gasteiger charge is -2.37. The SMILES string of the molecule is CCCN1CCOC(C(Cc2cncc(Br)c2)NC)C1. The third-order valence-electron chi connectivity index (χ3n) is 3.75. The molecule has 112 valence electrons. The lowest BCUT2D eigenvalue weighted by Crippen LogP contribution is -2.52. The van der Waals surface area contributed by atoms with Crippen molar-refractivity contribution < 1.29 is 4.74 Å². The topological polar surface area (TPSA) is 37.4 Å². The van der Waals surface area contributed by atoms with Crippen LogP contribution in [0.25, 0.3) is 0 Å². The van der Waals surface area contributed by atoms with Crippen LogP contribution in [-0.2, 0) is 11.2 Å². The number of morpholine rings is 1. The molecule has 1 aliphatic rings. The van der Waals surface area contributed by atoms with Gasteiger partial charge in [-0.25, -0.2) is 0 Å². The third-order valence-corrected chi connectivity index (χ3v) is 4.19. The molecule has 20 heavy (non-hydrogen) atoms. The normalized spacial score (nSPS) is 21.9. The van der Waals surface area contributed by atoms with E-state index in [-0.39, 0.29) is 6.10 Å². The van der Waals surface area contributed by atoms with Gasteiger partial charge in [-0.15, -0.1) is 0 Å². The van der Waals surface area contributed by atoms with Crippen LogP contribution in [0.1, 0.15) is 18.9 Å². The van der Waals surface area contributed by atoms with Gasteiger partial charge in [-0.1, -0.05) is 6.92 Å². The van der Waals surface area contributed by atoms with Crippen LogP contribution in [0.5, 0.6) is 0 Å². The summed E-state index contributed by atoms with van der Waals surface area (Å²) in [4.78, 5) is 6.73. The lowest BCUT2D eigenvalue weighted by atomic mass is 10.0. The summed E-state index contributed by atoms with van der Waals surface area (Å²) in [5.74, 6) is 0. The Morgan fingerprint density at radius 3 is 3.10 bits per heavy atom. The van der Waals surface area contributed by atoms with E-state index in [2.05, 4.69) is 44.1 Å². The predicted molar refractivity (Wildman–Crippen MR) is 85.0 cm³/mol. The highest BCUT2D eigenvalue weighted by molar-refractivity contribution is 9.10. The fourth-order valence-electron chi connectivity index (χ4n) is 2.74. The fourth-order valence-corrected chi connectivity index (χ4v) is 3.15. The number of ether oxygens (including phenoxy) is 1. The highest BCUT2D eigenvalue weighted by Gasteiger charge is 2.27. The molecule has 1 aromatic heterocycles. The van der Waals surface area contributed by atoms with E-state index in [9.17, 15) is 0 Å². The smallest absolute Gasteiger partial charge is 0.0858 e. The second kappa shape index (κ2) is 8.08. The minimum absolute atomic E-state index is 0.249. The minimum Gasteiger partial charge on any atom is -0.374 e. The average molecular weight is 342 g/mol. The monoisotopic (exact) mass is 341 g/mol. The summed E-state index contributed by atoms with van der Waals surface area (Å²) in [5.41, 5.74) is 1.23. The first-order valence-electron chi connectivity index (χ1n) is 7.33. The van der Waals surface area contributed by atoms with Gasteiger partial charge >= 0.3 is 0 Å². The zero-order valence-electron chi connectivity index (χ0n) is 12.3. The maximum atomic E-state index is 5.97. The maximum Gasteiger partial charge on any atom is 0.0858 e. The van der Waals surface area contributed by atoms with Gasteiger partial charge in [0, 0.05) is 36.0 Å². The largest absolute Gasteiger partial charge is 0.374 e. The highest BCUT2D eigenvalue weighted by atomic mass is 79.9. The van der Waals surface area contributed by atoms with Crippen LogP contribution in [-0.4, -0.2) is 55.3 Å². The van der Waals surface area contributed by atoms with Crippen LogP contribution in [0.2, 0.25) is 0 Å². The van der Waals surface area contributed by atoms with Crippen molar-refractivity contribution in [2.24, 2.45) is 0 Å². The molecule has 0 radical (unpaired) electrons. The van der Waals surface area contributed by atoms with E-state index >= 15 is 0 Å². The van der Waals surface area contributed by atoms with Crippen molar-refractivity contribution in [3.05, 3.63) is 28.5 Å². The molecule has 1 aromatic rings. The Bertz CT molecular complexity index is 414. The highest BCUT2D eigenvalue weighted by Crippen LogP contribution is 2.16. The number of hydrogen-bond donors (Lipinski definition) is 1. The van der Waals surface area contributed by atoms with Gasteiger partial charge in [-0.2, -0.15) is 0 Å². The molecule has 2 unspecified atom stereocenters. The van der Waals surface area contributed by atoms with Gasteiger partial charge in [0.05, 0.1) is 12.7 Å². The second-order valence-electron chi connectivity index (χ2n) is 5.32. The van der Waals surface area contributed by atoms with Gasteiger partial charge in [0.2, 0.25) is 0 Å². The molecule has 5 heteroatoms. The average Bonchev–Trinajstić information content (AvgIpc) is 2.45. The predicted octanol–water partition coefficient (Wildman–Crippen LogP) is 2.09. The van der Waals surface area contributed by atoms with Crippen molar-refractivity contribution in [3.63, 3.8) is 0 Å². The van der Waals surface area contributed by atoms with E-state index in [1.165, 1.54) is 12.0 Å². The van der Waals surface area contributed by atoms with Crippen LogP contribution < -0.4 is 5.32 Å². The third kappa shape index (κ3) is 4.52. The second-order valence-corrected chi connectivity index (χ2v) is 6.24. The van der Waals surface area contributed by atoms with Crippen LogP contribution >= 0.6 is 15.9 Å². The van der Waals surface area contributed by atoms with Crippen LogP contribution in [0.4, 0.5) is 0 Å². The molecule has 4 nitrogen and oxygen atoms in total. The Hall–Kier alpha value is -0.490. The first-order chi connectivity index (χ1) is 9.72. The molecule has 1 fully saturated rings. The summed E-state index contributed by atoms with van der Waals surface area (Å²) in [6.45, 7) is 6.29. The van der Waals surface area contributed by atoms with E-state index in [0.717, 1.165) is 37.1 Å². The quantitative estimate of drug-likeness (QED) is 0.859. The molecule has 0 amide bonds. The molecular weight excluding hydrogens is 318 g/mol. The number of rotatable bonds is 6. The van der Waals surface area contributed by atoms with E-state index < -0.39 is 0 Å². The first kappa shape index (κ1) is 15.9. The Balaban J connectivity index is 1.97. The Kier molecular flexibility index (Phi) is 6.42. The molecule has 0 saturated carbocycles. The molecular formula is C15H24BrN3O. The molecule has 0 aromatic carbocycles. The summed E-state index contributed by atoms with van der Waals surface area (Å²) in [7, 11) is 2.01. The molecule has 1 saturated heterocycles. The van der Waals surface area contributed by atoms with Crippen LogP contribution in [0.15, 0.2) is 22.9 Å². The molecule has 1 aliphatic heterocycles.